The summed E-state index contributed by atoms with van der Waals surface area (Å²) >= 11 is 0. The van der Waals surface area contributed by atoms with Crippen LogP contribution in [0.2, 0.25) is 0 Å². The van der Waals surface area contributed by atoms with E-state index in [1.54, 1.807) is 19.1 Å². The summed E-state index contributed by atoms with van der Waals surface area (Å²) in [6.07, 6.45) is 1.62. The zero-order chi connectivity index (χ0) is 18.9. The fourth-order valence-corrected chi connectivity index (χ4v) is 2.22. The molecular weight excluding hydrogens is 334 g/mol. The van der Waals surface area contributed by atoms with Crippen molar-refractivity contribution in [3.63, 3.8) is 0 Å². The average Bonchev–Trinajstić information content (AvgIpc) is 2.60. The molecule has 0 saturated carbocycles. The zero-order valence-corrected chi connectivity index (χ0v) is 15.2. The Morgan fingerprint density at radius 2 is 1.88 bits per heavy atom. The fraction of sp³-hybridized carbons (Fsp3) is 0.389. The normalized spacial score (nSPS) is 11.7. The number of rotatable bonds is 9. The van der Waals surface area contributed by atoms with Crippen molar-refractivity contribution in [2.75, 3.05) is 17.2 Å². The van der Waals surface area contributed by atoms with Gasteiger partial charge in [-0.25, -0.2) is 0 Å². The van der Waals surface area contributed by atoms with Gasteiger partial charge in [-0.2, -0.15) is 15.0 Å². The van der Waals surface area contributed by atoms with Gasteiger partial charge in [-0.05, 0) is 18.9 Å². The highest BCUT2D eigenvalue weighted by Crippen LogP contribution is 2.10. The second-order valence-corrected chi connectivity index (χ2v) is 5.84. The van der Waals surface area contributed by atoms with Gasteiger partial charge in [-0.15, -0.1) is 0 Å². The Hall–Kier alpha value is -2.87. The molecule has 0 spiro atoms. The summed E-state index contributed by atoms with van der Waals surface area (Å²) in [6, 6.07) is 7.27. The van der Waals surface area contributed by atoms with Gasteiger partial charge >= 0.3 is 0 Å². The number of nitrogens with one attached hydrogen (secondary N) is 2. The van der Waals surface area contributed by atoms with Crippen LogP contribution in [-0.2, 0) is 16.1 Å². The first-order valence-electron chi connectivity index (χ1n) is 8.38. The third-order valence-corrected chi connectivity index (χ3v) is 3.56. The number of nitrogens with zero attached hydrogens (tertiary/aromatic N) is 3. The van der Waals surface area contributed by atoms with Gasteiger partial charge in [-0.1, -0.05) is 31.2 Å². The van der Waals surface area contributed by atoms with Gasteiger partial charge < -0.3 is 10.1 Å². The minimum absolute atomic E-state index is 0.0104. The molecule has 138 valence electrons. The van der Waals surface area contributed by atoms with Crippen LogP contribution in [0.5, 0.6) is 0 Å². The lowest BCUT2D eigenvalue weighted by atomic mass is 10.1. The molecule has 0 bridgehead atoms. The third kappa shape index (κ3) is 6.21. The molecule has 1 unspecified atom stereocenters. The SMILES string of the molecule is CCC(COCc1ccc(C=O)cc1)Nc1nc(C)nc(NC(C)=O)n1. The number of carbonyl (C=O) groups is 2. The van der Waals surface area contributed by atoms with E-state index in [1.165, 1.54) is 6.92 Å². The maximum atomic E-state index is 11.2. The average molecular weight is 357 g/mol. The maximum Gasteiger partial charge on any atom is 0.234 e. The lowest BCUT2D eigenvalue weighted by molar-refractivity contribution is -0.114. The van der Waals surface area contributed by atoms with Gasteiger partial charge in [0, 0.05) is 12.5 Å². The summed E-state index contributed by atoms with van der Waals surface area (Å²) in [5.41, 5.74) is 1.64. The molecule has 0 radical (unpaired) electrons. The first-order chi connectivity index (χ1) is 12.5. The lowest BCUT2D eigenvalue weighted by Gasteiger charge is -2.17. The molecule has 26 heavy (non-hydrogen) atoms. The molecule has 8 heteroatoms. The van der Waals surface area contributed by atoms with Gasteiger partial charge in [0.2, 0.25) is 17.8 Å². The van der Waals surface area contributed by atoms with E-state index in [9.17, 15) is 9.59 Å². The topological polar surface area (TPSA) is 106 Å². The van der Waals surface area contributed by atoms with Gasteiger partial charge in [0.15, 0.2) is 0 Å². The Morgan fingerprint density at radius 1 is 1.19 bits per heavy atom. The van der Waals surface area contributed by atoms with Crippen molar-refractivity contribution in [2.24, 2.45) is 0 Å². The van der Waals surface area contributed by atoms with Crippen molar-refractivity contribution >= 4 is 24.1 Å². The van der Waals surface area contributed by atoms with Crippen LogP contribution < -0.4 is 10.6 Å². The number of ether oxygens (including phenoxy) is 1. The summed E-state index contributed by atoms with van der Waals surface area (Å²) in [7, 11) is 0. The lowest BCUT2D eigenvalue weighted by Crippen LogP contribution is -2.26. The first kappa shape index (κ1) is 19.5. The number of aromatic nitrogens is 3. The van der Waals surface area contributed by atoms with E-state index < -0.39 is 0 Å². The Morgan fingerprint density at radius 3 is 2.50 bits per heavy atom. The molecule has 8 nitrogen and oxygen atoms in total. The Labute approximate surface area is 152 Å². The molecule has 1 heterocycles. The van der Waals surface area contributed by atoms with E-state index in [4.69, 9.17) is 4.74 Å². The highest BCUT2D eigenvalue weighted by atomic mass is 16.5. The fourth-order valence-electron chi connectivity index (χ4n) is 2.22. The molecule has 1 aromatic heterocycles. The largest absolute Gasteiger partial charge is 0.375 e. The number of carbonyl (C=O) groups excluding carboxylic acids is 2. The van der Waals surface area contributed by atoms with Crippen LogP contribution in [0, 0.1) is 6.92 Å². The molecule has 0 saturated heterocycles. The zero-order valence-electron chi connectivity index (χ0n) is 15.2. The molecule has 0 aliphatic heterocycles. The van der Waals surface area contributed by atoms with Gasteiger partial charge in [0.25, 0.3) is 0 Å². The molecule has 1 amide bonds. The van der Waals surface area contributed by atoms with E-state index in [1.807, 2.05) is 19.1 Å². The molecule has 2 rings (SSSR count). The first-order valence-corrected chi connectivity index (χ1v) is 8.38. The van der Waals surface area contributed by atoms with E-state index in [0.717, 1.165) is 18.3 Å². The number of amides is 1. The number of benzene rings is 1. The molecule has 2 aromatic rings. The van der Waals surface area contributed by atoms with Crippen molar-refractivity contribution in [3.05, 3.63) is 41.2 Å². The van der Waals surface area contributed by atoms with Crippen molar-refractivity contribution in [1.29, 1.82) is 0 Å². The Balaban J connectivity index is 1.91. The van der Waals surface area contributed by atoms with Gasteiger partial charge in [0.05, 0.1) is 19.3 Å². The van der Waals surface area contributed by atoms with E-state index in [-0.39, 0.29) is 17.9 Å². The van der Waals surface area contributed by atoms with Crippen LogP contribution in [0.3, 0.4) is 0 Å². The molecule has 1 aromatic carbocycles. The van der Waals surface area contributed by atoms with E-state index >= 15 is 0 Å². The summed E-state index contributed by atoms with van der Waals surface area (Å²) in [5.74, 6) is 0.889. The second kappa shape index (κ2) is 9.57. The van der Waals surface area contributed by atoms with E-state index in [2.05, 4.69) is 25.6 Å². The Kier molecular flexibility index (Phi) is 7.16. The van der Waals surface area contributed by atoms with Crippen molar-refractivity contribution in [1.82, 2.24) is 15.0 Å². The van der Waals surface area contributed by atoms with Crippen LogP contribution in [-0.4, -0.2) is 39.8 Å². The highest BCUT2D eigenvalue weighted by Gasteiger charge is 2.11. The molecule has 0 aliphatic rings. The van der Waals surface area contributed by atoms with Crippen LogP contribution >= 0.6 is 0 Å². The van der Waals surface area contributed by atoms with Crippen molar-refractivity contribution in [3.8, 4) is 0 Å². The van der Waals surface area contributed by atoms with Crippen molar-refractivity contribution < 1.29 is 14.3 Å². The van der Waals surface area contributed by atoms with Crippen LogP contribution in [0.1, 0.15) is 42.0 Å². The predicted molar refractivity (Wildman–Crippen MR) is 98.1 cm³/mol. The quantitative estimate of drug-likeness (QED) is 0.664. The summed E-state index contributed by atoms with van der Waals surface area (Å²) in [4.78, 5) is 34.3. The number of aldehydes is 1. The molecular formula is C18H23N5O3. The summed E-state index contributed by atoms with van der Waals surface area (Å²) in [6.45, 7) is 6.08. The summed E-state index contributed by atoms with van der Waals surface area (Å²) < 4.78 is 5.75. The number of hydrogen-bond acceptors (Lipinski definition) is 7. The van der Waals surface area contributed by atoms with Crippen LogP contribution in [0.4, 0.5) is 11.9 Å². The molecule has 1 atom stereocenters. The third-order valence-electron chi connectivity index (χ3n) is 3.56. The monoisotopic (exact) mass is 357 g/mol. The molecule has 0 fully saturated rings. The molecule has 2 N–H and O–H groups in total. The second-order valence-electron chi connectivity index (χ2n) is 5.84. The standard InChI is InChI=1S/C18H23N5O3/c1-4-16(11-26-10-15-7-5-14(9-24)6-8-15)22-18-20-12(2)19-17(23-18)21-13(3)25/h5-9,16H,4,10-11H2,1-3H3,(H2,19,20,21,22,23,25). The Bertz CT molecular complexity index is 749. The predicted octanol–water partition coefficient (Wildman–Crippen LogP) is 2.36. The van der Waals surface area contributed by atoms with Gasteiger partial charge in [-0.3, -0.25) is 14.9 Å². The minimum Gasteiger partial charge on any atom is -0.375 e. The smallest absolute Gasteiger partial charge is 0.234 e. The van der Waals surface area contributed by atoms with Crippen molar-refractivity contribution in [2.45, 2.75) is 39.8 Å². The van der Waals surface area contributed by atoms with Crippen LogP contribution in [0.15, 0.2) is 24.3 Å². The number of anilines is 2. The summed E-state index contributed by atoms with van der Waals surface area (Å²) in [5, 5.41) is 5.76. The molecule has 0 aliphatic carbocycles. The number of aryl methyl sites for hydroxylation is 1. The van der Waals surface area contributed by atoms with Crippen LogP contribution in [0.25, 0.3) is 0 Å². The van der Waals surface area contributed by atoms with E-state index in [0.29, 0.717) is 30.5 Å². The maximum absolute atomic E-state index is 11.2. The minimum atomic E-state index is -0.238. The van der Waals surface area contributed by atoms with Gasteiger partial charge in [0.1, 0.15) is 12.1 Å². The highest BCUT2D eigenvalue weighted by molar-refractivity contribution is 5.86. The number of hydrogen-bond donors (Lipinski definition) is 2.